The highest BCUT2D eigenvalue weighted by Crippen LogP contribution is 2.35. The fourth-order valence-corrected chi connectivity index (χ4v) is 2.18. The van der Waals surface area contributed by atoms with Crippen LogP contribution >= 0.6 is 11.6 Å². The van der Waals surface area contributed by atoms with Gasteiger partial charge in [-0.2, -0.15) is 0 Å². The number of carbonyl (C=O) groups excluding carboxylic acids is 2. The zero-order valence-electron chi connectivity index (χ0n) is 13.9. The number of anilines is 1. The molecule has 0 bridgehead atoms. The Balaban J connectivity index is 2.75. The summed E-state index contributed by atoms with van der Waals surface area (Å²) < 4.78 is 10.3. The van der Waals surface area contributed by atoms with Crippen LogP contribution in [-0.4, -0.2) is 44.5 Å². The highest BCUT2D eigenvalue weighted by molar-refractivity contribution is 6.32. The number of hydrogen-bond acceptors (Lipinski definition) is 4. The molecular formula is C16H23ClN2O4. The predicted molar refractivity (Wildman–Crippen MR) is 90.3 cm³/mol. The van der Waals surface area contributed by atoms with Crippen LogP contribution in [0, 0.1) is 0 Å². The second-order valence-electron chi connectivity index (χ2n) is 5.08. The van der Waals surface area contributed by atoms with Gasteiger partial charge in [0, 0.05) is 25.7 Å². The maximum absolute atomic E-state index is 12.1. The van der Waals surface area contributed by atoms with Crippen LogP contribution < -0.4 is 14.8 Å². The number of unbranched alkanes of at least 4 members (excludes halogenated alkanes) is 1. The molecule has 0 aliphatic rings. The van der Waals surface area contributed by atoms with Crippen molar-refractivity contribution in [1.29, 1.82) is 0 Å². The normalized spacial score (nSPS) is 10.1. The molecule has 0 aliphatic carbocycles. The summed E-state index contributed by atoms with van der Waals surface area (Å²) in [6.45, 7) is 2.69. The third-order valence-electron chi connectivity index (χ3n) is 3.33. The second kappa shape index (κ2) is 9.25. The van der Waals surface area contributed by atoms with Gasteiger partial charge in [0.05, 0.1) is 24.9 Å². The van der Waals surface area contributed by atoms with Gasteiger partial charge in [0.1, 0.15) is 17.9 Å². The van der Waals surface area contributed by atoms with Crippen LogP contribution in [0.5, 0.6) is 11.5 Å². The summed E-state index contributed by atoms with van der Waals surface area (Å²) in [5, 5.41) is 3.03. The molecule has 0 aliphatic heterocycles. The molecule has 0 aromatic heterocycles. The molecule has 0 atom stereocenters. The molecule has 0 fully saturated rings. The Labute approximate surface area is 141 Å². The predicted octanol–water partition coefficient (Wildman–Crippen LogP) is 2.94. The van der Waals surface area contributed by atoms with Gasteiger partial charge in [-0.05, 0) is 6.42 Å². The maximum Gasteiger partial charge on any atom is 0.233 e. The molecule has 0 saturated heterocycles. The Bertz CT molecular complexity index is 563. The number of benzene rings is 1. The van der Waals surface area contributed by atoms with Crippen LogP contribution in [0.3, 0.4) is 0 Å². The first-order chi connectivity index (χ1) is 10.9. The van der Waals surface area contributed by atoms with Crippen molar-refractivity contribution < 1.29 is 19.1 Å². The molecule has 0 saturated carbocycles. The first-order valence-electron chi connectivity index (χ1n) is 7.38. The Kier molecular flexibility index (Phi) is 7.68. The third kappa shape index (κ3) is 5.63. The standard InChI is InChI=1S/C16H23ClN2O4/c1-5-6-7-19(2)16(21)10-15(20)18-12-9-13(22-3)11(17)8-14(12)23-4/h8-9H,5-7,10H2,1-4H3,(H,18,20). The minimum absolute atomic E-state index is 0.226. The van der Waals surface area contributed by atoms with Crippen LogP contribution in [0.4, 0.5) is 5.69 Å². The van der Waals surface area contributed by atoms with Gasteiger partial charge in [-0.1, -0.05) is 24.9 Å². The quantitative estimate of drug-likeness (QED) is 0.737. The molecule has 0 unspecified atom stereocenters. The summed E-state index contributed by atoms with van der Waals surface area (Å²) in [6, 6.07) is 3.11. The zero-order valence-corrected chi connectivity index (χ0v) is 14.7. The molecular weight excluding hydrogens is 320 g/mol. The number of nitrogens with one attached hydrogen (secondary N) is 1. The van der Waals surface area contributed by atoms with E-state index in [9.17, 15) is 9.59 Å². The Morgan fingerprint density at radius 1 is 1.22 bits per heavy atom. The van der Waals surface area contributed by atoms with Crippen molar-refractivity contribution in [3.8, 4) is 11.5 Å². The van der Waals surface area contributed by atoms with Crippen molar-refractivity contribution in [2.75, 3.05) is 33.1 Å². The summed E-state index contributed by atoms with van der Waals surface area (Å²) in [5.74, 6) is 0.168. The zero-order chi connectivity index (χ0) is 17.4. The van der Waals surface area contributed by atoms with Gasteiger partial charge in [0.25, 0.3) is 0 Å². The van der Waals surface area contributed by atoms with E-state index in [-0.39, 0.29) is 12.3 Å². The Hall–Kier alpha value is -1.95. The van der Waals surface area contributed by atoms with E-state index in [4.69, 9.17) is 21.1 Å². The SMILES string of the molecule is CCCCN(C)C(=O)CC(=O)Nc1cc(OC)c(Cl)cc1OC. The van der Waals surface area contributed by atoms with E-state index in [1.165, 1.54) is 14.2 Å². The summed E-state index contributed by atoms with van der Waals surface area (Å²) in [6.07, 6.45) is 1.67. The number of ether oxygens (including phenoxy) is 2. The molecule has 128 valence electrons. The van der Waals surface area contributed by atoms with Crippen molar-refractivity contribution in [3.63, 3.8) is 0 Å². The Morgan fingerprint density at radius 3 is 2.43 bits per heavy atom. The first kappa shape index (κ1) is 19.1. The van der Waals surface area contributed by atoms with Crippen molar-refractivity contribution in [1.82, 2.24) is 4.90 Å². The van der Waals surface area contributed by atoms with Crippen LogP contribution in [0.25, 0.3) is 0 Å². The number of hydrogen-bond donors (Lipinski definition) is 1. The summed E-state index contributed by atoms with van der Waals surface area (Å²) in [5.41, 5.74) is 0.405. The summed E-state index contributed by atoms with van der Waals surface area (Å²) in [4.78, 5) is 25.6. The van der Waals surface area contributed by atoms with Crippen LogP contribution in [-0.2, 0) is 9.59 Å². The largest absolute Gasteiger partial charge is 0.495 e. The van der Waals surface area contributed by atoms with Crippen LogP contribution in [0.15, 0.2) is 12.1 Å². The average molecular weight is 343 g/mol. The molecule has 0 heterocycles. The molecule has 2 amide bonds. The van der Waals surface area contributed by atoms with Gasteiger partial charge in [0.2, 0.25) is 11.8 Å². The highest BCUT2D eigenvalue weighted by Gasteiger charge is 2.17. The molecule has 7 heteroatoms. The molecule has 1 aromatic carbocycles. The molecule has 23 heavy (non-hydrogen) atoms. The average Bonchev–Trinajstić information content (AvgIpc) is 2.53. The number of nitrogens with zero attached hydrogens (tertiary/aromatic N) is 1. The van der Waals surface area contributed by atoms with Gasteiger partial charge in [-0.25, -0.2) is 0 Å². The topological polar surface area (TPSA) is 67.9 Å². The van der Waals surface area contributed by atoms with Gasteiger partial charge in [-0.15, -0.1) is 0 Å². The van der Waals surface area contributed by atoms with Gasteiger partial charge in [0.15, 0.2) is 0 Å². The first-order valence-corrected chi connectivity index (χ1v) is 7.76. The molecule has 1 aromatic rings. The van der Waals surface area contributed by atoms with E-state index in [1.54, 1.807) is 24.1 Å². The van der Waals surface area contributed by atoms with Crippen molar-refractivity contribution in [2.24, 2.45) is 0 Å². The lowest BCUT2D eigenvalue weighted by molar-refractivity contribution is -0.133. The molecule has 1 N–H and O–H groups in total. The van der Waals surface area contributed by atoms with Crippen molar-refractivity contribution in [3.05, 3.63) is 17.2 Å². The maximum atomic E-state index is 12.1. The van der Waals surface area contributed by atoms with E-state index in [2.05, 4.69) is 5.32 Å². The van der Waals surface area contributed by atoms with Gasteiger partial charge >= 0.3 is 0 Å². The van der Waals surface area contributed by atoms with Crippen LogP contribution in [0.2, 0.25) is 5.02 Å². The number of carbonyl (C=O) groups is 2. The summed E-state index contributed by atoms with van der Waals surface area (Å²) >= 11 is 6.01. The molecule has 6 nitrogen and oxygen atoms in total. The van der Waals surface area contributed by atoms with E-state index in [0.29, 0.717) is 28.8 Å². The third-order valence-corrected chi connectivity index (χ3v) is 3.63. The lowest BCUT2D eigenvalue weighted by atomic mass is 10.2. The van der Waals surface area contributed by atoms with Crippen molar-refractivity contribution >= 4 is 29.1 Å². The number of amides is 2. The van der Waals surface area contributed by atoms with E-state index >= 15 is 0 Å². The van der Waals surface area contributed by atoms with Gasteiger partial charge < -0.3 is 19.7 Å². The minimum Gasteiger partial charge on any atom is -0.495 e. The monoisotopic (exact) mass is 342 g/mol. The number of halogens is 1. The van der Waals surface area contributed by atoms with E-state index < -0.39 is 5.91 Å². The molecule has 0 spiro atoms. The fourth-order valence-electron chi connectivity index (χ4n) is 1.94. The highest BCUT2D eigenvalue weighted by atomic mass is 35.5. The van der Waals surface area contributed by atoms with Crippen LogP contribution in [0.1, 0.15) is 26.2 Å². The lowest BCUT2D eigenvalue weighted by Gasteiger charge is -2.17. The smallest absolute Gasteiger partial charge is 0.233 e. The van der Waals surface area contributed by atoms with Crippen molar-refractivity contribution in [2.45, 2.75) is 26.2 Å². The molecule has 0 radical (unpaired) electrons. The number of rotatable bonds is 8. The van der Waals surface area contributed by atoms with Gasteiger partial charge in [-0.3, -0.25) is 9.59 Å². The lowest BCUT2D eigenvalue weighted by Crippen LogP contribution is -2.31. The van der Waals surface area contributed by atoms with E-state index in [0.717, 1.165) is 12.8 Å². The number of methoxy groups -OCH3 is 2. The second-order valence-corrected chi connectivity index (χ2v) is 5.49. The molecule has 1 rings (SSSR count). The van der Waals surface area contributed by atoms with E-state index in [1.807, 2.05) is 6.92 Å². The summed E-state index contributed by atoms with van der Waals surface area (Å²) in [7, 11) is 4.64. The fraction of sp³-hybridized carbons (Fsp3) is 0.500. The Morgan fingerprint density at radius 2 is 1.87 bits per heavy atom. The minimum atomic E-state index is -0.416.